The van der Waals surface area contributed by atoms with Gasteiger partial charge < -0.3 is 5.32 Å². The average molecular weight is 560 g/mol. The van der Waals surface area contributed by atoms with Crippen molar-refractivity contribution < 1.29 is 9.59 Å². The number of nitrogens with zero attached hydrogens (tertiary/aromatic N) is 6. The van der Waals surface area contributed by atoms with Crippen molar-refractivity contribution in [3.63, 3.8) is 0 Å². The van der Waals surface area contributed by atoms with Crippen LogP contribution >= 0.6 is 0 Å². The molecule has 0 saturated carbocycles. The third kappa shape index (κ3) is 7.85. The van der Waals surface area contributed by atoms with Crippen LogP contribution in [0.1, 0.15) is 34.3 Å². The molecule has 0 bridgehead atoms. The normalized spacial score (nSPS) is 11.1. The Balaban J connectivity index is 1.00. The summed E-state index contributed by atoms with van der Waals surface area (Å²) >= 11 is 0. The van der Waals surface area contributed by atoms with E-state index in [1.807, 2.05) is 85.2 Å². The van der Waals surface area contributed by atoms with E-state index in [0.717, 1.165) is 28.2 Å². The second-order valence-electron chi connectivity index (χ2n) is 9.19. The molecule has 0 spiro atoms. The van der Waals surface area contributed by atoms with Gasteiger partial charge in [-0.2, -0.15) is 20.4 Å². The second kappa shape index (κ2) is 14.0. The minimum atomic E-state index is -0.314. The van der Waals surface area contributed by atoms with E-state index in [-0.39, 0.29) is 11.8 Å². The van der Waals surface area contributed by atoms with Crippen LogP contribution in [0.15, 0.2) is 120 Å². The van der Waals surface area contributed by atoms with E-state index in [1.54, 1.807) is 46.3 Å². The van der Waals surface area contributed by atoms with Gasteiger partial charge >= 0.3 is 0 Å². The Bertz CT molecular complexity index is 1660. The number of carbonyl (C=O) groups is 2. The molecule has 0 aliphatic rings. The Morgan fingerprint density at radius 1 is 0.738 bits per heavy atom. The third-order valence-electron chi connectivity index (χ3n) is 6.12. The average Bonchev–Trinajstić information content (AvgIpc) is 3.76. The van der Waals surface area contributed by atoms with Gasteiger partial charge in [-0.3, -0.25) is 9.59 Å². The first-order chi connectivity index (χ1) is 20.6. The van der Waals surface area contributed by atoms with Crippen LogP contribution in [0.25, 0.3) is 11.4 Å². The van der Waals surface area contributed by atoms with E-state index in [2.05, 4.69) is 36.6 Å². The smallest absolute Gasteiger partial charge is 0.271 e. The number of nitrogens with one attached hydrogen (secondary N) is 3. The molecule has 0 aliphatic carbocycles. The molecule has 5 aromatic rings. The Morgan fingerprint density at radius 2 is 1.33 bits per heavy atom. The van der Waals surface area contributed by atoms with Crippen molar-refractivity contribution in [2.45, 2.75) is 12.8 Å². The number of aromatic nitrogens is 4. The number of benzene rings is 3. The fraction of sp³-hybridized carbons (Fsp3) is 0.0968. The summed E-state index contributed by atoms with van der Waals surface area (Å²) in [6, 6.07) is 26.1. The lowest BCUT2D eigenvalue weighted by Gasteiger charge is -2.07. The molecule has 42 heavy (non-hydrogen) atoms. The van der Waals surface area contributed by atoms with Crippen LogP contribution in [0.4, 0.5) is 5.69 Å². The summed E-state index contributed by atoms with van der Waals surface area (Å²) in [5.74, 6) is -0.483. The molecule has 0 saturated heterocycles. The van der Waals surface area contributed by atoms with Gasteiger partial charge in [0.25, 0.3) is 5.91 Å². The number of hydrazone groups is 2. The van der Waals surface area contributed by atoms with E-state index in [9.17, 15) is 9.59 Å². The first-order valence-corrected chi connectivity index (χ1v) is 13.3. The molecule has 5 rings (SSSR count). The molecule has 0 atom stereocenters. The molecule has 2 heterocycles. The first kappa shape index (κ1) is 27.7. The monoisotopic (exact) mass is 559 g/mol. The zero-order valence-electron chi connectivity index (χ0n) is 22.7. The molecule has 2 aromatic heterocycles. The number of hydrogen-bond acceptors (Lipinski definition) is 7. The minimum Gasteiger partial charge on any atom is -0.385 e. The molecule has 0 radical (unpaired) electrons. The first-order valence-electron chi connectivity index (χ1n) is 13.3. The highest BCUT2D eigenvalue weighted by molar-refractivity contribution is 5.95. The maximum atomic E-state index is 12.5. The van der Waals surface area contributed by atoms with Crippen LogP contribution in [0, 0.1) is 0 Å². The SMILES string of the molecule is O=C(CCCNc1ccc(C(=O)N/N=C/c2cccc(-n3cccn3)c2)cc1)N/N=C/c1cccc(-n2cccn2)c1. The van der Waals surface area contributed by atoms with E-state index in [4.69, 9.17) is 0 Å². The highest BCUT2D eigenvalue weighted by Gasteiger charge is 2.05. The van der Waals surface area contributed by atoms with Crippen molar-refractivity contribution in [1.82, 2.24) is 30.4 Å². The van der Waals surface area contributed by atoms with Crippen molar-refractivity contribution in [2.75, 3.05) is 11.9 Å². The van der Waals surface area contributed by atoms with E-state index < -0.39 is 0 Å². The van der Waals surface area contributed by atoms with Crippen LogP contribution in [0.3, 0.4) is 0 Å². The Hall–Kier alpha value is -5.84. The number of rotatable bonds is 12. The predicted octanol–water partition coefficient (Wildman–Crippen LogP) is 4.16. The molecule has 3 aromatic carbocycles. The van der Waals surface area contributed by atoms with Gasteiger partial charge in [0.1, 0.15) is 0 Å². The topological polar surface area (TPSA) is 131 Å². The molecule has 0 unspecified atom stereocenters. The lowest BCUT2D eigenvalue weighted by Crippen LogP contribution is -2.18. The zero-order chi connectivity index (χ0) is 29.0. The molecule has 2 amide bonds. The fourth-order valence-electron chi connectivity index (χ4n) is 4.02. The molecule has 0 aliphatic heterocycles. The van der Waals surface area contributed by atoms with Crippen LogP contribution in [-0.2, 0) is 4.79 Å². The minimum absolute atomic E-state index is 0.169. The summed E-state index contributed by atoms with van der Waals surface area (Å²) in [6.45, 7) is 0.594. The molecule has 11 heteroatoms. The van der Waals surface area contributed by atoms with Gasteiger partial charge in [0, 0.05) is 49.0 Å². The largest absolute Gasteiger partial charge is 0.385 e. The quantitative estimate of drug-likeness (QED) is 0.120. The van der Waals surface area contributed by atoms with E-state index in [0.29, 0.717) is 24.9 Å². The van der Waals surface area contributed by atoms with Crippen LogP contribution in [0.2, 0.25) is 0 Å². The lowest BCUT2D eigenvalue weighted by atomic mass is 10.2. The maximum Gasteiger partial charge on any atom is 0.271 e. The lowest BCUT2D eigenvalue weighted by molar-refractivity contribution is -0.121. The van der Waals surface area contributed by atoms with Gasteiger partial charge in [0.15, 0.2) is 0 Å². The summed E-state index contributed by atoms with van der Waals surface area (Å²) in [7, 11) is 0. The van der Waals surface area contributed by atoms with Crippen molar-refractivity contribution in [1.29, 1.82) is 0 Å². The number of amides is 2. The highest BCUT2D eigenvalue weighted by Crippen LogP contribution is 2.11. The Labute approximate surface area is 242 Å². The maximum absolute atomic E-state index is 12.5. The van der Waals surface area contributed by atoms with Gasteiger partial charge in [-0.1, -0.05) is 24.3 Å². The molecule has 11 nitrogen and oxygen atoms in total. The number of anilines is 1. The van der Waals surface area contributed by atoms with E-state index >= 15 is 0 Å². The van der Waals surface area contributed by atoms with Crippen molar-refractivity contribution in [2.24, 2.45) is 10.2 Å². The van der Waals surface area contributed by atoms with Gasteiger partial charge in [-0.15, -0.1) is 0 Å². The summed E-state index contributed by atoms with van der Waals surface area (Å²) in [4.78, 5) is 24.6. The summed E-state index contributed by atoms with van der Waals surface area (Å²) in [5.41, 5.74) is 9.93. The van der Waals surface area contributed by atoms with Gasteiger partial charge in [0.05, 0.1) is 23.8 Å². The predicted molar refractivity (Wildman–Crippen MR) is 162 cm³/mol. The van der Waals surface area contributed by atoms with Gasteiger partial charge in [-0.05, 0) is 78.2 Å². The summed E-state index contributed by atoms with van der Waals surface area (Å²) in [6.07, 6.45) is 11.3. The third-order valence-corrected chi connectivity index (χ3v) is 6.12. The second-order valence-corrected chi connectivity index (χ2v) is 9.19. The van der Waals surface area contributed by atoms with Crippen molar-refractivity contribution >= 4 is 29.9 Å². The van der Waals surface area contributed by atoms with Crippen molar-refractivity contribution in [3.05, 3.63) is 126 Å². The summed E-state index contributed by atoms with van der Waals surface area (Å²) < 4.78 is 3.51. The van der Waals surface area contributed by atoms with Gasteiger partial charge in [0.2, 0.25) is 5.91 Å². The Morgan fingerprint density at radius 3 is 1.90 bits per heavy atom. The molecule has 3 N–H and O–H groups in total. The standard InChI is InChI=1S/C31H29N9O2/c41-30(37-33-22-24-6-1-8-28(20-24)39-18-4-16-35-39)10-3-15-32-27-13-11-26(12-14-27)31(42)38-34-23-25-7-2-9-29(21-25)40-19-5-17-36-40/h1-2,4-9,11-14,16-23,32H,3,10,15H2,(H,37,41)(H,38,42)/b33-22+,34-23+. The number of carbonyl (C=O) groups excluding carboxylic acids is 2. The van der Waals surface area contributed by atoms with Crippen LogP contribution in [0.5, 0.6) is 0 Å². The molecular formula is C31H29N9O2. The molecule has 0 fully saturated rings. The zero-order valence-corrected chi connectivity index (χ0v) is 22.7. The Kier molecular flexibility index (Phi) is 9.23. The number of hydrogen-bond donors (Lipinski definition) is 3. The van der Waals surface area contributed by atoms with E-state index in [1.165, 1.54) is 0 Å². The van der Waals surface area contributed by atoms with Crippen molar-refractivity contribution in [3.8, 4) is 11.4 Å². The highest BCUT2D eigenvalue weighted by atomic mass is 16.2. The summed E-state index contributed by atoms with van der Waals surface area (Å²) in [5, 5.41) is 19.8. The fourth-order valence-corrected chi connectivity index (χ4v) is 4.02. The van der Waals surface area contributed by atoms with Gasteiger partial charge in [-0.25, -0.2) is 20.2 Å². The van der Waals surface area contributed by atoms with Crippen LogP contribution in [-0.4, -0.2) is 50.3 Å². The van der Waals surface area contributed by atoms with Crippen LogP contribution < -0.4 is 16.2 Å². The molecular weight excluding hydrogens is 530 g/mol. The molecule has 210 valence electrons.